The minimum Gasteiger partial charge on any atom is -0.380 e. The molecule has 3 rings (SSSR count). The summed E-state index contributed by atoms with van der Waals surface area (Å²) in [5.41, 5.74) is -0.0171. The largest absolute Gasteiger partial charge is 0.380 e. The van der Waals surface area contributed by atoms with E-state index in [9.17, 15) is 9.90 Å². The lowest BCUT2D eigenvalue weighted by molar-refractivity contribution is -0.154. The van der Waals surface area contributed by atoms with E-state index in [0.717, 1.165) is 63.9 Å². The lowest BCUT2D eigenvalue weighted by atomic mass is 9.83. The number of carbonyl (C=O) groups is 1. The van der Waals surface area contributed by atoms with Crippen LogP contribution in [0, 0.1) is 0 Å². The number of aliphatic hydroxyl groups is 1. The minimum atomic E-state index is -1.10. The fourth-order valence-corrected chi connectivity index (χ4v) is 4.24. The zero-order valence-corrected chi connectivity index (χ0v) is 15.4. The van der Waals surface area contributed by atoms with Crippen LogP contribution in [0.4, 0.5) is 0 Å². The monoisotopic (exact) mass is 345 g/mol. The number of aromatic nitrogens is 1. The molecule has 0 bridgehead atoms. The molecule has 25 heavy (non-hydrogen) atoms. The Balaban J connectivity index is 1.55. The first-order valence-electron chi connectivity index (χ1n) is 9.70. The van der Waals surface area contributed by atoms with Gasteiger partial charge in [-0.15, -0.1) is 0 Å². The van der Waals surface area contributed by atoms with E-state index < -0.39 is 5.60 Å². The van der Waals surface area contributed by atoms with Crippen LogP contribution in [-0.2, 0) is 11.3 Å². The predicted molar refractivity (Wildman–Crippen MR) is 98.0 cm³/mol. The molecule has 1 saturated carbocycles. The van der Waals surface area contributed by atoms with E-state index in [1.165, 1.54) is 0 Å². The number of nitrogens with zero attached hydrogens (tertiary/aromatic N) is 3. The second-order valence-corrected chi connectivity index (χ2v) is 7.71. The molecule has 138 valence electrons. The molecule has 1 aromatic heterocycles. The molecule has 0 unspecified atom stereocenters. The highest BCUT2D eigenvalue weighted by Crippen LogP contribution is 2.31. The molecule has 2 fully saturated rings. The summed E-state index contributed by atoms with van der Waals surface area (Å²) in [4.78, 5) is 21.5. The van der Waals surface area contributed by atoms with E-state index in [-0.39, 0.29) is 5.91 Å². The Bertz CT molecular complexity index is 557. The highest BCUT2D eigenvalue weighted by molar-refractivity contribution is 5.85. The molecule has 0 spiro atoms. The molecule has 1 aliphatic heterocycles. The Morgan fingerprint density at radius 1 is 1.24 bits per heavy atom. The van der Waals surface area contributed by atoms with Crippen molar-refractivity contribution in [3.63, 3.8) is 0 Å². The molecule has 0 radical (unpaired) electrons. The van der Waals surface area contributed by atoms with Crippen LogP contribution in [0.5, 0.6) is 0 Å². The van der Waals surface area contributed by atoms with Crippen molar-refractivity contribution in [3.05, 3.63) is 30.1 Å². The van der Waals surface area contributed by atoms with Crippen LogP contribution in [-0.4, -0.2) is 57.6 Å². The summed E-state index contributed by atoms with van der Waals surface area (Å²) in [6, 6.07) is 6.48. The molecule has 0 aromatic carbocycles. The van der Waals surface area contributed by atoms with Crippen molar-refractivity contribution in [2.45, 2.75) is 69.6 Å². The Morgan fingerprint density at radius 3 is 2.76 bits per heavy atom. The zero-order valence-electron chi connectivity index (χ0n) is 15.4. The van der Waals surface area contributed by atoms with Gasteiger partial charge in [-0.05, 0) is 51.3 Å². The summed E-state index contributed by atoms with van der Waals surface area (Å²) in [6.07, 6.45) is 9.21. The van der Waals surface area contributed by atoms with Gasteiger partial charge in [0.05, 0.1) is 5.69 Å². The maximum absolute atomic E-state index is 12.8. The minimum absolute atomic E-state index is 0.0276. The van der Waals surface area contributed by atoms with Gasteiger partial charge in [0.2, 0.25) is 0 Å². The molecular formula is C20H31N3O2. The molecule has 2 heterocycles. The van der Waals surface area contributed by atoms with Crippen LogP contribution in [0.1, 0.15) is 57.1 Å². The second kappa shape index (κ2) is 8.28. The maximum atomic E-state index is 12.8. The standard InChI is InChI=1S/C20H31N3O2/c1-22(16-17-8-3-6-13-21-17)18-9-7-14-23(15-10-18)19(24)20(25)11-4-2-5-12-20/h3,6,8,13,18,25H,2,4-5,7,9-12,14-16H2,1H3/t18-/m1/s1. The van der Waals surface area contributed by atoms with Crippen LogP contribution in [0.15, 0.2) is 24.4 Å². The molecule has 1 atom stereocenters. The Labute approximate surface area is 151 Å². The number of rotatable bonds is 4. The van der Waals surface area contributed by atoms with Gasteiger partial charge in [0.15, 0.2) is 0 Å². The molecule has 2 aliphatic rings. The van der Waals surface area contributed by atoms with Gasteiger partial charge in [-0.3, -0.25) is 14.7 Å². The summed E-state index contributed by atoms with van der Waals surface area (Å²) in [6.45, 7) is 2.36. The van der Waals surface area contributed by atoms with Crippen molar-refractivity contribution in [3.8, 4) is 0 Å². The molecule has 1 amide bonds. The third-order valence-electron chi connectivity index (χ3n) is 5.82. The smallest absolute Gasteiger partial charge is 0.254 e. The fourth-order valence-electron chi connectivity index (χ4n) is 4.24. The third-order valence-corrected chi connectivity index (χ3v) is 5.82. The average molecular weight is 345 g/mol. The average Bonchev–Trinajstić information content (AvgIpc) is 2.89. The molecule has 1 aliphatic carbocycles. The van der Waals surface area contributed by atoms with Gasteiger partial charge in [0.25, 0.3) is 5.91 Å². The number of hydrogen-bond donors (Lipinski definition) is 1. The number of amides is 1. The lowest BCUT2D eigenvalue weighted by Gasteiger charge is -2.35. The summed E-state index contributed by atoms with van der Waals surface area (Å²) >= 11 is 0. The van der Waals surface area contributed by atoms with E-state index in [2.05, 4.69) is 23.0 Å². The van der Waals surface area contributed by atoms with Gasteiger partial charge in [0, 0.05) is 31.9 Å². The van der Waals surface area contributed by atoms with E-state index >= 15 is 0 Å². The van der Waals surface area contributed by atoms with Gasteiger partial charge in [0.1, 0.15) is 5.60 Å². The van der Waals surface area contributed by atoms with Crippen molar-refractivity contribution in [1.29, 1.82) is 0 Å². The van der Waals surface area contributed by atoms with Crippen LogP contribution < -0.4 is 0 Å². The normalized spacial score (nSPS) is 24.1. The highest BCUT2D eigenvalue weighted by atomic mass is 16.3. The first-order valence-corrected chi connectivity index (χ1v) is 9.70. The Kier molecular flexibility index (Phi) is 6.07. The zero-order chi connectivity index (χ0) is 17.7. The van der Waals surface area contributed by atoms with E-state index in [1.807, 2.05) is 23.2 Å². The van der Waals surface area contributed by atoms with Crippen molar-refractivity contribution in [2.75, 3.05) is 20.1 Å². The second-order valence-electron chi connectivity index (χ2n) is 7.71. The predicted octanol–water partition coefficient (Wildman–Crippen LogP) is 2.59. The van der Waals surface area contributed by atoms with Crippen molar-refractivity contribution in [1.82, 2.24) is 14.8 Å². The number of carbonyl (C=O) groups excluding carboxylic acids is 1. The fraction of sp³-hybridized carbons (Fsp3) is 0.700. The molecule has 5 heteroatoms. The van der Waals surface area contributed by atoms with Crippen LogP contribution in [0.3, 0.4) is 0 Å². The SMILES string of the molecule is CN(Cc1ccccn1)[C@@H]1CCCN(C(=O)C2(O)CCCCC2)CC1. The van der Waals surface area contributed by atoms with E-state index in [1.54, 1.807) is 0 Å². The van der Waals surface area contributed by atoms with Gasteiger partial charge < -0.3 is 10.0 Å². The number of likely N-dealkylation sites (tertiary alicyclic amines) is 1. The third kappa shape index (κ3) is 4.59. The van der Waals surface area contributed by atoms with Gasteiger partial charge in [-0.25, -0.2) is 0 Å². The Hall–Kier alpha value is -1.46. The first kappa shape index (κ1) is 18.3. The molecule has 1 saturated heterocycles. The molecular weight excluding hydrogens is 314 g/mol. The number of pyridine rings is 1. The first-order chi connectivity index (χ1) is 12.1. The van der Waals surface area contributed by atoms with Crippen molar-refractivity contribution in [2.24, 2.45) is 0 Å². The topological polar surface area (TPSA) is 56.7 Å². The van der Waals surface area contributed by atoms with Crippen LogP contribution in [0.2, 0.25) is 0 Å². The molecule has 5 nitrogen and oxygen atoms in total. The number of hydrogen-bond acceptors (Lipinski definition) is 4. The van der Waals surface area contributed by atoms with Crippen molar-refractivity contribution >= 4 is 5.91 Å². The van der Waals surface area contributed by atoms with E-state index in [4.69, 9.17) is 0 Å². The highest BCUT2D eigenvalue weighted by Gasteiger charge is 2.40. The van der Waals surface area contributed by atoms with Crippen molar-refractivity contribution < 1.29 is 9.90 Å². The quantitative estimate of drug-likeness (QED) is 0.911. The van der Waals surface area contributed by atoms with Gasteiger partial charge in [-0.2, -0.15) is 0 Å². The summed E-state index contributed by atoms with van der Waals surface area (Å²) in [5, 5.41) is 10.7. The van der Waals surface area contributed by atoms with Crippen LogP contribution >= 0.6 is 0 Å². The molecule has 1 N–H and O–H groups in total. The lowest BCUT2D eigenvalue weighted by Crippen LogP contribution is -2.50. The van der Waals surface area contributed by atoms with Gasteiger partial charge >= 0.3 is 0 Å². The Morgan fingerprint density at radius 2 is 2.04 bits per heavy atom. The molecule has 1 aromatic rings. The maximum Gasteiger partial charge on any atom is 0.254 e. The van der Waals surface area contributed by atoms with Gasteiger partial charge in [-0.1, -0.05) is 25.3 Å². The summed E-state index contributed by atoms with van der Waals surface area (Å²) < 4.78 is 0. The summed E-state index contributed by atoms with van der Waals surface area (Å²) in [7, 11) is 2.14. The van der Waals surface area contributed by atoms with E-state index in [0.29, 0.717) is 18.9 Å². The summed E-state index contributed by atoms with van der Waals surface area (Å²) in [5.74, 6) is -0.0276. The van der Waals surface area contributed by atoms with Crippen LogP contribution in [0.25, 0.3) is 0 Å².